The quantitative estimate of drug-likeness (QED) is 0.700. The Morgan fingerprint density at radius 2 is 1.89 bits per heavy atom. The summed E-state index contributed by atoms with van der Waals surface area (Å²) in [7, 11) is 0. The van der Waals surface area contributed by atoms with Gasteiger partial charge in [-0.25, -0.2) is 0 Å². The lowest BCUT2D eigenvalue weighted by Crippen LogP contribution is -2.25. The van der Waals surface area contributed by atoms with Crippen molar-refractivity contribution < 1.29 is 14.3 Å². The molecule has 19 heavy (non-hydrogen) atoms. The van der Waals surface area contributed by atoms with Crippen molar-refractivity contribution in [2.45, 2.75) is 20.3 Å². The van der Waals surface area contributed by atoms with Gasteiger partial charge in [0.05, 0.1) is 13.2 Å². The molecule has 0 saturated carbocycles. The fourth-order valence-corrected chi connectivity index (χ4v) is 1.60. The van der Waals surface area contributed by atoms with Crippen LogP contribution < -0.4 is 20.5 Å². The average molecular weight is 266 g/mol. The van der Waals surface area contributed by atoms with E-state index in [9.17, 15) is 4.79 Å². The first-order valence-corrected chi connectivity index (χ1v) is 6.60. The Kier molecular flexibility index (Phi) is 6.74. The summed E-state index contributed by atoms with van der Waals surface area (Å²) < 4.78 is 10.9. The molecule has 0 spiro atoms. The first kappa shape index (κ1) is 15.3. The van der Waals surface area contributed by atoms with Gasteiger partial charge in [0.2, 0.25) is 0 Å². The van der Waals surface area contributed by atoms with E-state index in [0.29, 0.717) is 43.4 Å². The summed E-state index contributed by atoms with van der Waals surface area (Å²) in [6.45, 7) is 6.02. The molecule has 0 fully saturated rings. The van der Waals surface area contributed by atoms with Crippen molar-refractivity contribution in [1.82, 2.24) is 5.32 Å². The molecule has 0 bridgehead atoms. The van der Waals surface area contributed by atoms with E-state index in [-0.39, 0.29) is 5.91 Å². The molecule has 0 saturated heterocycles. The van der Waals surface area contributed by atoms with Crippen LogP contribution in [0.3, 0.4) is 0 Å². The van der Waals surface area contributed by atoms with Crippen LogP contribution >= 0.6 is 0 Å². The number of ether oxygens (including phenoxy) is 2. The minimum absolute atomic E-state index is 0.127. The zero-order valence-corrected chi connectivity index (χ0v) is 11.6. The topological polar surface area (TPSA) is 73.6 Å². The van der Waals surface area contributed by atoms with Crippen molar-refractivity contribution >= 4 is 5.91 Å². The minimum atomic E-state index is -0.127. The lowest BCUT2D eigenvalue weighted by Gasteiger charge is -2.12. The maximum Gasteiger partial charge on any atom is 0.251 e. The van der Waals surface area contributed by atoms with Gasteiger partial charge in [-0.1, -0.05) is 0 Å². The highest BCUT2D eigenvalue weighted by atomic mass is 16.5. The summed E-state index contributed by atoms with van der Waals surface area (Å²) in [4.78, 5) is 11.9. The molecule has 1 aromatic rings. The number of hydrogen-bond acceptors (Lipinski definition) is 4. The van der Waals surface area contributed by atoms with Gasteiger partial charge in [-0.2, -0.15) is 0 Å². The SMILES string of the molecule is CCOc1ccc(C(=O)NCCCN)cc1OCC. The normalized spacial score (nSPS) is 10.1. The number of carbonyl (C=O) groups excluding carboxylic acids is 1. The molecule has 106 valence electrons. The third kappa shape index (κ3) is 4.79. The van der Waals surface area contributed by atoms with Gasteiger partial charge in [-0.3, -0.25) is 4.79 Å². The predicted molar refractivity (Wildman–Crippen MR) is 74.8 cm³/mol. The highest BCUT2D eigenvalue weighted by Gasteiger charge is 2.10. The van der Waals surface area contributed by atoms with Crippen molar-refractivity contribution in [3.05, 3.63) is 23.8 Å². The largest absolute Gasteiger partial charge is 0.490 e. The zero-order chi connectivity index (χ0) is 14.1. The van der Waals surface area contributed by atoms with Crippen LogP contribution in [-0.2, 0) is 0 Å². The van der Waals surface area contributed by atoms with E-state index in [2.05, 4.69) is 5.32 Å². The lowest BCUT2D eigenvalue weighted by atomic mass is 10.2. The van der Waals surface area contributed by atoms with Crippen molar-refractivity contribution in [3.8, 4) is 11.5 Å². The molecular weight excluding hydrogens is 244 g/mol. The molecule has 1 amide bonds. The Balaban J connectivity index is 2.78. The molecule has 0 aliphatic carbocycles. The molecule has 0 radical (unpaired) electrons. The molecule has 0 unspecified atom stereocenters. The summed E-state index contributed by atoms with van der Waals surface area (Å²) in [5, 5.41) is 2.81. The van der Waals surface area contributed by atoms with E-state index in [1.165, 1.54) is 0 Å². The Bertz CT molecular complexity index is 408. The van der Waals surface area contributed by atoms with Crippen LogP contribution in [0, 0.1) is 0 Å². The van der Waals surface area contributed by atoms with Crippen LogP contribution in [0.4, 0.5) is 0 Å². The van der Waals surface area contributed by atoms with E-state index in [4.69, 9.17) is 15.2 Å². The van der Waals surface area contributed by atoms with Crippen molar-refractivity contribution in [2.24, 2.45) is 5.73 Å². The van der Waals surface area contributed by atoms with Crippen LogP contribution in [0.1, 0.15) is 30.6 Å². The fourth-order valence-electron chi connectivity index (χ4n) is 1.60. The standard InChI is InChI=1S/C14H22N2O3/c1-3-18-12-7-6-11(10-13(12)19-4-2)14(17)16-9-5-8-15/h6-7,10H,3-5,8-9,15H2,1-2H3,(H,16,17). The van der Waals surface area contributed by atoms with Gasteiger partial charge in [0.25, 0.3) is 5.91 Å². The van der Waals surface area contributed by atoms with Gasteiger partial charge >= 0.3 is 0 Å². The molecule has 3 N–H and O–H groups in total. The van der Waals surface area contributed by atoms with Crippen molar-refractivity contribution in [2.75, 3.05) is 26.3 Å². The Labute approximate surface area is 114 Å². The number of amides is 1. The smallest absolute Gasteiger partial charge is 0.251 e. The average Bonchev–Trinajstić information content (AvgIpc) is 2.41. The maximum absolute atomic E-state index is 11.9. The van der Waals surface area contributed by atoms with E-state index in [0.717, 1.165) is 6.42 Å². The Morgan fingerprint density at radius 3 is 2.53 bits per heavy atom. The number of carbonyl (C=O) groups is 1. The van der Waals surface area contributed by atoms with E-state index in [1.54, 1.807) is 18.2 Å². The number of benzene rings is 1. The molecule has 0 atom stereocenters. The molecule has 0 aromatic heterocycles. The molecular formula is C14H22N2O3. The van der Waals surface area contributed by atoms with Crippen LogP contribution in [0.5, 0.6) is 11.5 Å². The third-order valence-corrected chi connectivity index (χ3v) is 2.47. The molecule has 0 aliphatic heterocycles. The fraction of sp³-hybridized carbons (Fsp3) is 0.500. The Morgan fingerprint density at radius 1 is 1.21 bits per heavy atom. The summed E-state index contributed by atoms with van der Waals surface area (Å²) in [5.41, 5.74) is 5.94. The second kappa shape index (κ2) is 8.37. The second-order valence-electron chi connectivity index (χ2n) is 3.93. The molecule has 5 nitrogen and oxygen atoms in total. The Hall–Kier alpha value is -1.75. The molecule has 5 heteroatoms. The maximum atomic E-state index is 11.9. The van der Waals surface area contributed by atoms with Crippen molar-refractivity contribution in [1.29, 1.82) is 0 Å². The van der Waals surface area contributed by atoms with Gasteiger partial charge < -0.3 is 20.5 Å². The third-order valence-electron chi connectivity index (χ3n) is 2.47. The highest BCUT2D eigenvalue weighted by molar-refractivity contribution is 5.94. The van der Waals surface area contributed by atoms with Crippen LogP contribution in [-0.4, -0.2) is 32.2 Å². The van der Waals surface area contributed by atoms with Crippen molar-refractivity contribution in [3.63, 3.8) is 0 Å². The predicted octanol–water partition coefficient (Wildman–Crippen LogP) is 1.56. The number of hydrogen-bond donors (Lipinski definition) is 2. The van der Waals surface area contributed by atoms with Crippen LogP contribution in [0.15, 0.2) is 18.2 Å². The summed E-state index contributed by atoms with van der Waals surface area (Å²) >= 11 is 0. The summed E-state index contributed by atoms with van der Waals surface area (Å²) in [6, 6.07) is 5.18. The van der Waals surface area contributed by atoms with Crippen LogP contribution in [0.25, 0.3) is 0 Å². The van der Waals surface area contributed by atoms with E-state index in [1.807, 2.05) is 13.8 Å². The first-order valence-electron chi connectivity index (χ1n) is 6.60. The lowest BCUT2D eigenvalue weighted by molar-refractivity contribution is 0.0953. The highest BCUT2D eigenvalue weighted by Crippen LogP contribution is 2.28. The molecule has 0 aliphatic rings. The molecule has 0 heterocycles. The molecule has 1 rings (SSSR count). The zero-order valence-electron chi connectivity index (χ0n) is 11.6. The number of nitrogens with one attached hydrogen (secondary N) is 1. The van der Waals surface area contributed by atoms with Gasteiger partial charge in [-0.05, 0) is 45.0 Å². The van der Waals surface area contributed by atoms with Gasteiger partial charge in [-0.15, -0.1) is 0 Å². The van der Waals surface area contributed by atoms with E-state index >= 15 is 0 Å². The van der Waals surface area contributed by atoms with Gasteiger partial charge in [0.15, 0.2) is 11.5 Å². The first-order chi connectivity index (χ1) is 9.22. The minimum Gasteiger partial charge on any atom is -0.490 e. The summed E-state index contributed by atoms with van der Waals surface area (Å²) in [6.07, 6.45) is 0.765. The van der Waals surface area contributed by atoms with Gasteiger partial charge in [0, 0.05) is 12.1 Å². The number of rotatable bonds is 8. The van der Waals surface area contributed by atoms with E-state index < -0.39 is 0 Å². The monoisotopic (exact) mass is 266 g/mol. The molecule has 1 aromatic carbocycles. The second-order valence-corrected chi connectivity index (χ2v) is 3.93. The van der Waals surface area contributed by atoms with Crippen LogP contribution in [0.2, 0.25) is 0 Å². The van der Waals surface area contributed by atoms with Gasteiger partial charge in [0.1, 0.15) is 0 Å². The number of nitrogens with two attached hydrogens (primary N) is 1. The summed E-state index contributed by atoms with van der Waals surface area (Å²) in [5.74, 6) is 1.12.